The molecule has 0 radical (unpaired) electrons. The van der Waals surface area contributed by atoms with Gasteiger partial charge in [-0.05, 0) is 43.5 Å². The summed E-state index contributed by atoms with van der Waals surface area (Å²) in [5.74, 6) is 1.48. The van der Waals surface area contributed by atoms with Gasteiger partial charge in [0.2, 0.25) is 0 Å². The van der Waals surface area contributed by atoms with Crippen molar-refractivity contribution in [1.82, 2.24) is 4.90 Å². The molecule has 6 nitrogen and oxygen atoms in total. The van der Waals surface area contributed by atoms with Gasteiger partial charge in [0.05, 0.1) is 17.9 Å². The molecular weight excluding hydrogens is 354 g/mol. The summed E-state index contributed by atoms with van der Waals surface area (Å²) in [7, 11) is 1.78. The fourth-order valence-corrected chi connectivity index (χ4v) is 3.74. The van der Waals surface area contributed by atoms with Gasteiger partial charge < -0.3 is 24.6 Å². The number of hydrogen-bond donors (Lipinski definition) is 1. The first-order valence-corrected chi connectivity index (χ1v) is 9.95. The number of carbonyl (C=O) groups excluding carboxylic acids is 1. The van der Waals surface area contributed by atoms with E-state index in [2.05, 4.69) is 16.3 Å². The molecule has 148 valence electrons. The Morgan fingerprint density at radius 3 is 2.61 bits per heavy atom. The van der Waals surface area contributed by atoms with Crippen LogP contribution in [-0.2, 0) is 0 Å². The number of urea groups is 1. The van der Waals surface area contributed by atoms with Crippen LogP contribution in [0, 0.1) is 0 Å². The predicted octanol–water partition coefficient (Wildman–Crippen LogP) is 3.98. The average molecular weight is 381 g/mol. The van der Waals surface area contributed by atoms with Gasteiger partial charge in [0, 0.05) is 20.1 Å². The van der Waals surface area contributed by atoms with Crippen molar-refractivity contribution in [1.29, 1.82) is 0 Å². The molecule has 2 aliphatic rings. The lowest BCUT2D eigenvalue weighted by molar-refractivity contribution is 0.0731. The van der Waals surface area contributed by atoms with Crippen molar-refractivity contribution in [2.45, 2.75) is 25.4 Å². The maximum absolute atomic E-state index is 12.8. The fourth-order valence-electron chi connectivity index (χ4n) is 3.74. The van der Waals surface area contributed by atoms with Crippen molar-refractivity contribution in [2.24, 2.45) is 0 Å². The molecule has 1 atom stereocenters. The summed E-state index contributed by atoms with van der Waals surface area (Å²) in [6.45, 7) is 2.95. The lowest BCUT2D eigenvalue weighted by Crippen LogP contribution is -2.43. The molecule has 0 aliphatic carbocycles. The Bertz CT molecular complexity index is 820. The number of ether oxygens (including phenoxy) is 2. The number of carbonyl (C=O) groups is 1. The standard InChI is InChI=1S/C22H27N3O3/c1-24(15-17-16-27-20-11-5-6-12-21(20)28-17)22(26)23-18-9-3-4-10-19(18)25-13-7-2-8-14-25/h3-6,9-12,17H,2,7-8,13-16H2,1H3,(H,23,26). The molecule has 6 heteroatoms. The molecule has 0 bridgehead atoms. The topological polar surface area (TPSA) is 54.0 Å². The molecule has 2 aromatic carbocycles. The molecule has 28 heavy (non-hydrogen) atoms. The molecule has 4 rings (SSSR count). The number of piperidine rings is 1. The molecule has 1 fully saturated rings. The van der Waals surface area contributed by atoms with E-state index in [9.17, 15) is 4.79 Å². The van der Waals surface area contributed by atoms with Crippen molar-refractivity contribution < 1.29 is 14.3 Å². The molecule has 0 saturated carbocycles. The first kappa shape index (κ1) is 18.5. The summed E-state index contributed by atoms with van der Waals surface area (Å²) < 4.78 is 11.7. The Labute approximate surface area is 166 Å². The van der Waals surface area contributed by atoms with Gasteiger partial charge in [0.15, 0.2) is 17.6 Å². The second-order valence-corrected chi connectivity index (χ2v) is 7.37. The number of nitrogens with one attached hydrogen (secondary N) is 1. The quantitative estimate of drug-likeness (QED) is 0.870. The summed E-state index contributed by atoms with van der Waals surface area (Å²) in [4.78, 5) is 16.8. The van der Waals surface area contributed by atoms with Crippen LogP contribution in [0.5, 0.6) is 11.5 Å². The summed E-state index contributed by atoms with van der Waals surface area (Å²) >= 11 is 0. The van der Waals surface area contributed by atoms with Crippen molar-refractivity contribution in [3.63, 3.8) is 0 Å². The van der Waals surface area contributed by atoms with Crippen molar-refractivity contribution in [3.8, 4) is 11.5 Å². The number of nitrogens with zero attached hydrogens (tertiary/aromatic N) is 2. The number of hydrogen-bond acceptors (Lipinski definition) is 4. The van der Waals surface area contributed by atoms with E-state index >= 15 is 0 Å². The Balaban J connectivity index is 1.38. The zero-order chi connectivity index (χ0) is 19.3. The maximum atomic E-state index is 12.8. The molecule has 2 heterocycles. The second kappa shape index (κ2) is 8.42. The van der Waals surface area contributed by atoms with Crippen LogP contribution in [0.15, 0.2) is 48.5 Å². The third kappa shape index (κ3) is 4.16. The van der Waals surface area contributed by atoms with E-state index < -0.39 is 0 Å². The van der Waals surface area contributed by atoms with E-state index in [1.807, 2.05) is 42.5 Å². The normalized spacial score (nSPS) is 18.5. The lowest BCUT2D eigenvalue weighted by Gasteiger charge is -2.32. The molecule has 2 aromatic rings. The number of fused-ring (bicyclic) bond motifs is 1. The third-order valence-electron chi connectivity index (χ3n) is 5.23. The highest BCUT2D eigenvalue weighted by atomic mass is 16.6. The summed E-state index contributed by atoms with van der Waals surface area (Å²) in [6, 6.07) is 15.5. The van der Waals surface area contributed by atoms with Gasteiger partial charge in [-0.2, -0.15) is 0 Å². The van der Waals surface area contributed by atoms with Gasteiger partial charge in [-0.1, -0.05) is 24.3 Å². The van der Waals surface area contributed by atoms with Crippen LogP contribution in [0.25, 0.3) is 0 Å². The van der Waals surface area contributed by atoms with Crippen LogP contribution in [0.2, 0.25) is 0 Å². The minimum Gasteiger partial charge on any atom is -0.486 e. The number of rotatable bonds is 4. The van der Waals surface area contributed by atoms with Crippen molar-refractivity contribution >= 4 is 17.4 Å². The Kier molecular flexibility index (Phi) is 5.55. The number of anilines is 2. The van der Waals surface area contributed by atoms with E-state index in [-0.39, 0.29) is 12.1 Å². The third-order valence-corrected chi connectivity index (χ3v) is 5.23. The summed E-state index contributed by atoms with van der Waals surface area (Å²) in [5, 5.41) is 3.07. The van der Waals surface area contributed by atoms with Gasteiger partial charge in [-0.3, -0.25) is 0 Å². The van der Waals surface area contributed by atoms with Crippen molar-refractivity contribution in [3.05, 3.63) is 48.5 Å². The number of likely N-dealkylation sites (N-methyl/N-ethyl adjacent to an activating group) is 1. The second-order valence-electron chi connectivity index (χ2n) is 7.37. The minimum atomic E-state index is -0.192. The Hall–Kier alpha value is -2.89. The van der Waals surface area contributed by atoms with E-state index in [0.717, 1.165) is 36.0 Å². The molecule has 1 unspecified atom stereocenters. The van der Waals surface area contributed by atoms with Crippen LogP contribution in [0.1, 0.15) is 19.3 Å². The van der Waals surface area contributed by atoms with Crippen LogP contribution in [-0.4, -0.2) is 50.3 Å². The smallest absolute Gasteiger partial charge is 0.321 e. The van der Waals surface area contributed by atoms with E-state index in [4.69, 9.17) is 9.47 Å². The largest absolute Gasteiger partial charge is 0.486 e. The minimum absolute atomic E-state index is 0.146. The SMILES string of the molecule is CN(CC1COc2ccccc2O1)C(=O)Nc1ccccc1N1CCCCC1. The molecule has 2 aliphatic heterocycles. The highest BCUT2D eigenvalue weighted by molar-refractivity contribution is 5.93. The Morgan fingerprint density at radius 1 is 1.07 bits per heavy atom. The van der Waals surface area contributed by atoms with Gasteiger partial charge in [-0.25, -0.2) is 4.79 Å². The van der Waals surface area contributed by atoms with Crippen molar-refractivity contribution in [2.75, 3.05) is 43.5 Å². The van der Waals surface area contributed by atoms with Gasteiger partial charge in [0.25, 0.3) is 0 Å². The number of amides is 2. The zero-order valence-corrected chi connectivity index (χ0v) is 16.3. The van der Waals surface area contributed by atoms with Gasteiger partial charge in [0.1, 0.15) is 6.61 Å². The highest BCUT2D eigenvalue weighted by Gasteiger charge is 2.24. The Morgan fingerprint density at radius 2 is 1.79 bits per heavy atom. The van der Waals surface area contributed by atoms with E-state index in [1.165, 1.54) is 19.3 Å². The predicted molar refractivity (Wildman–Crippen MR) is 111 cm³/mol. The van der Waals surface area contributed by atoms with Crippen LogP contribution < -0.4 is 19.7 Å². The van der Waals surface area contributed by atoms with Crippen LogP contribution >= 0.6 is 0 Å². The summed E-state index contributed by atoms with van der Waals surface area (Å²) in [5.41, 5.74) is 1.95. The number of benzene rings is 2. The fraction of sp³-hybridized carbons (Fsp3) is 0.409. The average Bonchev–Trinajstić information content (AvgIpc) is 2.74. The first-order chi connectivity index (χ1) is 13.7. The summed E-state index contributed by atoms with van der Waals surface area (Å²) in [6.07, 6.45) is 3.48. The van der Waals surface area contributed by atoms with Crippen LogP contribution in [0.3, 0.4) is 0 Å². The van der Waals surface area contributed by atoms with E-state index in [0.29, 0.717) is 13.2 Å². The molecular formula is C22H27N3O3. The monoisotopic (exact) mass is 381 g/mol. The van der Waals surface area contributed by atoms with Gasteiger partial charge in [-0.15, -0.1) is 0 Å². The lowest BCUT2D eigenvalue weighted by atomic mass is 10.1. The first-order valence-electron chi connectivity index (χ1n) is 9.95. The van der Waals surface area contributed by atoms with Gasteiger partial charge >= 0.3 is 6.03 Å². The van der Waals surface area contributed by atoms with E-state index in [1.54, 1.807) is 11.9 Å². The molecule has 0 spiro atoms. The number of para-hydroxylation sites is 4. The highest BCUT2D eigenvalue weighted by Crippen LogP contribution is 2.31. The molecule has 1 N–H and O–H groups in total. The maximum Gasteiger partial charge on any atom is 0.321 e. The van der Waals surface area contributed by atoms with Crippen LogP contribution in [0.4, 0.5) is 16.2 Å². The zero-order valence-electron chi connectivity index (χ0n) is 16.3. The molecule has 0 aromatic heterocycles. The molecule has 2 amide bonds. The molecule has 1 saturated heterocycles.